The Balaban J connectivity index is 0.00000338. The zero-order valence-electron chi connectivity index (χ0n) is 15.7. The van der Waals surface area contributed by atoms with Gasteiger partial charge in [0.15, 0.2) is 11.5 Å². The maximum absolute atomic E-state index is 11.9. The van der Waals surface area contributed by atoms with Crippen LogP contribution in [0.2, 0.25) is 0 Å². The largest absolute Gasteiger partial charge is 0.504 e. The van der Waals surface area contributed by atoms with E-state index >= 15 is 0 Å². The molecule has 1 fully saturated rings. The van der Waals surface area contributed by atoms with Crippen LogP contribution in [0.25, 0.3) is 0 Å². The summed E-state index contributed by atoms with van der Waals surface area (Å²) in [5.74, 6) is -0.737. The molecule has 5 N–H and O–H groups in total. The first-order valence-corrected chi connectivity index (χ1v) is 9.41. The number of phenols is 2. The van der Waals surface area contributed by atoms with Crippen molar-refractivity contribution in [1.82, 2.24) is 16.0 Å². The Hall–Kier alpha value is -1.21. The van der Waals surface area contributed by atoms with Crippen LogP contribution in [0, 0.1) is 0 Å². The zero-order valence-corrected chi connectivity index (χ0v) is 17.3. The maximum Gasteiger partial charge on any atom is 0.251 e. The quantitative estimate of drug-likeness (QED) is 0.295. The Labute approximate surface area is 174 Å². The monoisotopic (exact) mass is 421 g/mol. The van der Waals surface area contributed by atoms with E-state index in [4.69, 9.17) is 0 Å². The third kappa shape index (κ3) is 10.1. The van der Waals surface area contributed by atoms with Crippen molar-refractivity contribution in [3.05, 3.63) is 23.8 Å². The van der Waals surface area contributed by atoms with Gasteiger partial charge in [0.2, 0.25) is 0 Å². The number of nitrogens with one attached hydrogen (secondary N) is 3. The molecule has 0 spiro atoms. The average molecular weight is 422 g/mol. The van der Waals surface area contributed by atoms with Crippen molar-refractivity contribution in [1.29, 1.82) is 0 Å². The first kappa shape index (κ1) is 25.8. The summed E-state index contributed by atoms with van der Waals surface area (Å²) in [4.78, 5) is 11.9. The molecule has 0 atom stereocenters. The fourth-order valence-corrected chi connectivity index (χ4v) is 3.14. The molecule has 0 radical (unpaired) electrons. The molecule has 0 aliphatic heterocycles. The first-order valence-electron chi connectivity index (χ1n) is 9.41. The van der Waals surface area contributed by atoms with Gasteiger partial charge in [-0.05, 0) is 50.4 Å². The van der Waals surface area contributed by atoms with E-state index in [9.17, 15) is 15.0 Å². The Bertz CT molecular complexity index is 541. The molecule has 1 aromatic rings. The molecule has 0 bridgehead atoms. The lowest BCUT2D eigenvalue weighted by atomic mass is 9.95. The highest BCUT2D eigenvalue weighted by atomic mass is 35.5. The fraction of sp³-hybridized carbons (Fsp3) is 0.632. The lowest BCUT2D eigenvalue weighted by Gasteiger charge is -2.22. The molecule has 1 aliphatic rings. The highest BCUT2D eigenvalue weighted by Crippen LogP contribution is 2.24. The van der Waals surface area contributed by atoms with Gasteiger partial charge in [0.1, 0.15) is 0 Å². The number of benzene rings is 1. The first-order chi connectivity index (χ1) is 12.2. The molecule has 1 amide bonds. The number of rotatable bonds is 10. The summed E-state index contributed by atoms with van der Waals surface area (Å²) >= 11 is 0. The number of amides is 1. The minimum Gasteiger partial charge on any atom is -0.504 e. The summed E-state index contributed by atoms with van der Waals surface area (Å²) in [5.41, 5.74) is 0.349. The van der Waals surface area contributed by atoms with E-state index in [0.717, 1.165) is 32.5 Å². The molecule has 1 aliphatic carbocycles. The third-order valence-corrected chi connectivity index (χ3v) is 4.64. The molecule has 6 nitrogen and oxygen atoms in total. The van der Waals surface area contributed by atoms with Crippen molar-refractivity contribution in [2.45, 2.75) is 51.0 Å². The van der Waals surface area contributed by atoms with Gasteiger partial charge in [0, 0.05) is 31.2 Å². The van der Waals surface area contributed by atoms with Crippen LogP contribution < -0.4 is 16.0 Å². The van der Waals surface area contributed by atoms with Crippen LogP contribution in [0.15, 0.2) is 18.2 Å². The number of phenolic OH excluding ortho intramolecular Hbond substituents is 2. The van der Waals surface area contributed by atoms with E-state index in [-0.39, 0.29) is 42.2 Å². The van der Waals surface area contributed by atoms with Crippen molar-refractivity contribution in [2.24, 2.45) is 0 Å². The molecule has 1 saturated carbocycles. The highest BCUT2D eigenvalue weighted by Gasteiger charge is 2.11. The van der Waals surface area contributed by atoms with Gasteiger partial charge in [0.25, 0.3) is 5.91 Å². The molecular formula is C19H33Cl2N3O3. The minimum atomic E-state index is -0.279. The second-order valence-corrected chi connectivity index (χ2v) is 6.71. The maximum atomic E-state index is 11.9. The smallest absolute Gasteiger partial charge is 0.251 e. The Morgan fingerprint density at radius 1 is 0.926 bits per heavy atom. The van der Waals surface area contributed by atoms with Gasteiger partial charge in [-0.1, -0.05) is 19.3 Å². The van der Waals surface area contributed by atoms with E-state index in [1.165, 1.54) is 50.3 Å². The summed E-state index contributed by atoms with van der Waals surface area (Å²) in [7, 11) is 0. The van der Waals surface area contributed by atoms with Crippen LogP contribution in [0.4, 0.5) is 0 Å². The van der Waals surface area contributed by atoms with Crippen LogP contribution in [-0.4, -0.2) is 48.3 Å². The topological polar surface area (TPSA) is 93.6 Å². The molecule has 0 heterocycles. The van der Waals surface area contributed by atoms with Gasteiger partial charge in [-0.25, -0.2) is 0 Å². The molecule has 156 valence electrons. The molecule has 0 aromatic heterocycles. The number of hydrogen-bond donors (Lipinski definition) is 5. The summed E-state index contributed by atoms with van der Waals surface area (Å²) in [6.07, 6.45) is 8.66. The van der Waals surface area contributed by atoms with Gasteiger partial charge >= 0.3 is 0 Å². The summed E-state index contributed by atoms with van der Waals surface area (Å²) < 4.78 is 0. The Morgan fingerprint density at radius 2 is 1.63 bits per heavy atom. The number of hydrogen-bond acceptors (Lipinski definition) is 5. The van der Waals surface area contributed by atoms with E-state index in [1.807, 2.05) is 0 Å². The van der Waals surface area contributed by atoms with Gasteiger partial charge in [-0.2, -0.15) is 0 Å². The predicted molar refractivity (Wildman–Crippen MR) is 114 cm³/mol. The molecule has 27 heavy (non-hydrogen) atoms. The Kier molecular flexibility index (Phi) is 14.1. The normalized spacial score (nSPS) is 14.1. The standard InChI is InChI=1S/C19H31N3O3.2ClH/c23-17-9-8-15(14-18(17)24)19(25)22-11-5-4-10-20-12-13-21-16-6-2-1-3-7-16;;/h8-9,14,16,20-21,23-24H,1-7,10-13H2,(H,22,25);2*1H. The summed E-state index contributed by atoms with van der Waals surface area (Å²) in [5, 5.41) is 28.5. The van der Waals surface area contributed by atoms with E-state index in [1.54, 1.807) is 0 Å². The number of carbonyl (C=O) groups excluding carboxylic acids is 1. The number of aromatic hydroxyl groups is 2. The van der Waals surface area contributed by atoms with E-state index in [0.29, 0.717) is 18.2 Å². The van der Waals surface area contributed by atoms with Crippen molar-refractivity contribution >= 4 is 30.7 Å². The molecule has 8 heteroatoms. The van der Waals surface area contributed by atoms with Crippen molar-refractivity contribution in [3.63, 3.8) is 0 Å². The van der Waals surface area contributed by atoms with Crippen LogP contribution in [0.3, 0.4) is 0 Å². The van der Waals surface area contributed by atoms with Gasteiger partial charge in [-0.15, -0.1) is 24.8 Å². The predicted octanol–water partition coefficient (Wildman–Crippen LogP) is 2.96. The zero-order chi connectivity index (χ0) is 17.9. The molecular weight excluding hydrogens is 389 g/mol. The van der Waals surface area contributed by atoms with Gasteiger partial charge < -0.3 is 26.2 Å². The Morgan fingerprint density at radius 3 is 2.33 bits per heavy atom. The van der Waals surface area contributed by atoms with E-state index < -0.39 is 0 Å². The van der Waals surface area contributed by atoms with Gasteiger partial charge in [0.05, 0.1) is 0 Å². The van der Waals surface area contributed by atoms with Crippen molar-refractivity contribution < 1.29 is 15.0 Å². The number of halogens is 2. The second kappa shape index (κ2) is 14.8. The second-order valence-electron chi connectivity index (χ2n) is 6.71. The fourth-order valence-electron chi connectivity index (χ4n) is 3.14. The minimum absolute atomic E-state index is 0. The SMILES string of the molecule is Cl.Cl.O=C(NCCCCNCCNC1CCCCC1)c1ccc(O)c(O)c1. The lowest BCUT2D eigenvalue weighted by Crippen LogP contribution is -2.36. The van der Waals surface area contributed by atoms with Crippen molar-refractivity contribution in [3.8, 4) is 11.5 Å². The van der Waals surface area contributed by atoms with Crippen molar-refractivity contribution in [2.75, 3.05) is 26.2 Å². The van der Waals surface area contributed by atoms with Crippen LogP contribution in [0.1, 0.15) is 55.3 Å². The number of unbranched alkanes of at least 4 members (excludes halogenated alkanes) is 1. The summed E-state index contributed by atoms with van der Waals surface area (Å²) in [6, 6.07) is 4.79. The van der Waals surface area contributed by atoms with Crippen LogP contribution in [0.5, 0.6) is 11.5 Å². The molecule has 1 aromatic carbocycles. The molecule has 0 unspecified atom stereocenters. The molecule has 2 rings (SSSR count). The average Bonchev–Trinajstić information content (AvgIpc) is 2.63. The van der Waals surface area contributed by atoms with Crippen LogP contribution in [-0.2, 0) is 0 Å². The summed E-state index contributed by atoms with van der Waals surface area (Å²) in [6.45, 7) is 3.55. The number of carbonyl (C=O) groups is 1. The third-order valence-electron chi connectivity index (χ3n) is 4.64. The van der Waals surface area contributed by atoms with Gasteiger partial charge in [-0.3, -0.25) is 4.79 Å². The van der Waals surface area contributed by atoms with Crippen LogP contribution >= 0.6 is 24.8 Å². The lowest BCUT2D eigenvalue weighted by molar-refractivity contribution is 0.0952. The highest BCUT2D eigenvalue weighted by molar-refractivity contribution is 5.94. The molecule has 0 saturated heterocycles. The van der Waals surface area contributed by atoms with E-state index in [2.05, 4.69) is 16.0 Å².